The van der Waals surface area contributed by atoms with Crippen LogP contribution in [0.5, 0.6) is 11.8 Å². The number of hydroxylamine groups is 1. The maximum atomic E-state index is 11.0. The predicted molar refractivity (Wildman–Crippen MR) is 114 cm³/mol. The molecule has 0 fully saturated rings. The molecule has 0 aliphatic carbocycles. The minimum absolute atomic E-state index is 0.294. The van der Waals surface area contributed by atoms with Gasteiger partial charge in [-0.2, -0.15) is 9.97 Å². The topological polar surface area (TPSA) is 106 Å². The zero-order valence-corrected chi connectivity index (χ0v) is 16.9. The molecule has 0 unspecified atom stereocenters. The van der Waals surface area contributed by atoms with E-state index < -0.39 is 0 Å². The number of hydrogen-bond donors (Lipinski definition) is 3. The van der Waals surface area contributed by atoms with Crippen LogP contribution in [0.1, 0.15) is 31.2 Å². The van der Waals surface area contributed by atoms with Gasteiger partial charge in [-0.25, -0.2) is 5.48 Å². The molecule has 0 aliphatic rings. The smallest absolute Gasteiger partial charge is 0.318 e. The lowest BCUT2D eigenvalue weighted by atomic mass is 10.2. The molecule has 0 atom stereocenters. The molecule has 1 heterocycles. The van der Waals surface area contributed by atoms with Crippen LogP contribution in [-0.2, 0) is 11.3 Å². The number of carbonyl (C=O) groups excluding carboxylic acids is 1. The lowest BCUT2D eigenvalue weighted by molar-refractivity contribution is -0.129. The van der Waals surface area contributed by atoms with E-state index in [0.717, 1.165) is 35.1 Å². The molecule has 0 saturated carbocycles. The zero-order valence-electron chi connectivity index (χ0n) is 16.9. The number of para-hydroxylation sites is 1. The lowest BCUT2D eigenvalue weighted by Crippen LogP contribution is -2.17. The minimum Gasteiger partial charge on any atom is -0.497 e. The molecule has 1 aromatic heterocycles. The monoisotopic (exact) mass is 410 g/mol. The maximum Gasteiger partial charge on any atom is 0.318 e. The van der Waals surface area contributed by atoms with Crippen LogP contribution >= 0.6 is 0 Å². The number of nitrogens with zero attached hydrogens (tertiary/aromatic N) is 2. The van der Waals surface area contributed by atoms with E-state index in [1.165, 1.54) is 0 Å². The summed E-state index contributed by atoms with van der Waals surface area (Å²) in [5, 5.41) is 12.8. The second-order valence-corrected chi connectivity index (χ2v) is 6.77. The van der Waals surface area contributed by atoms with Gasteiger partial charge in [-0.3, -0.25) is 10.0 Å². The van der Waals surface area contributed by atoms with E-state index in [2.05, 4.69) is 15.3 Å². The molecule has 0 radical (unpaired) electrons. The number of amides is 1. The van der Waals surface area contributed by atoms with Crippen molar-refractivity contribution in [2.75, 3.05) is 19.0 Å². The predicted octanol–water partition coefficient (Wildman–Crippen LogP) is 3.70. The van der Waals surface area contributed by atoms with Gasteiger partial charge < -0.3 is 14.8 Å². The van der Waals surface area contributed by atoms with Crippen LogP contribution in [0.25, 0.3) is 10.9 Å². The van der Waals surface area contributed by atoms with Crippen LogP contribution in [0.3, 0.4) is 0 Å². The summed E-state index contributed by atoms with van der Waals surface area (Å²) < 4.78 is 10.9. The molecule has 3 rings (SSSR count). The number of fused-ring (bicyclic) bond motifs is 1. The average Bonchev–Trinajstić information content (AvgIpc) is 2.79. The summed E-state index contributed by atoms with van der Waals surface area (Å²) in [6.45, 7) is 1.06. The molecule has 3 N–H and O–H groups in total. The van der Waals surface area contributed by atoms with Crippen molar-refractivity contribution in [1.29, 1.82) is 0 Å². The van der Waals surface area contributed by atoms with Crippen LogP contribution in [0.4, 0.5) is 5.82 Å². The summed E-state index contributed by atoms with van der Waals surface area (Å²) in [6.07, 6.45) is 2.55. The van der Waals surface area contributed by atoms with E-state index in [1.54, 1.807) is 12.6 Å². The Morgan fingerprint density at radius 3 is 2.60 bits per heavy atom. The highest BCUT2D eigenvalue weighted by molar-refractivity contribution is 5.89. The van der Waals surface area contributed by atoms with Gasteiger partial charge in [-0.05, 0) is 49.1 Å². The summed E-state index contributed by atoms with van der Waals surface area (Å²) in [5.41, 5.74) is 3.54. The largest absolute Gasteiger partial charge is 0.497 e. The fourth-order valence-electron chi connectivity index (χ4n) is 2.97. The van der Waals surface area contributed by atoms with Crippen LogP contribution in [0, 0.1) is 0 Å². The van der Waals surface area contributed by atoms with Crippen LogP contribution in [-0.4, -0.2) is 34.8 Å². The van der Waals surface area contributed by atoms with Gasteiger partial charge in [-0.15, -0.1) is 0 Å². The van der Waals surface area contributed by atoms with E-state index in [9.17, 15) is 4.79 Å². The Hall–Kier alpha value is -3.39. The second-order valence-electron chi connectivity index (χ2n) is 6.77. The molecule has 8 heteroatoms. The molecule has 0 spiro atoms. The van der Waals surface area contributed by atoms with Gasteiger partial charge in [0.15, 0.2) is 0 Å². The van der Waals surface area contributed by atoms with Gasteiger partial charge in [0.1, 0.15) is 11.6 Å². The molecule has 2 aromatic carbocycles. The van der Waals surface area contributed by atoms with Crippen LogP contribution in [0.15, 0.2) is 48.5 Å². The fourth-order valence-corrected chi connectivity index (χ4v) is 2.97. The maximum absolute atomic E-state index is 11.0. The summed E-state index contributed by atoms with van der Waals surface area (Å²) >= 11 is 0. The number of methoxy groups -OCH3 is 1. The molecule has 30 heavy (non-hydrogen) atoms. The molecular weight excluding hydrogens is 384 g/mol. The number of anilines is 1. The Balaban J connectivity index is 1.61. The standard InChI is InChI=1S/C22H26N4O4/c1-29-17-12-10-16(11-13-17)15-23-21-18-7-4-5-8-19(18)24-22(25-21)30-14-6-2-3-9-20(27)26-28/h4-5,7-8,10-13,28H,2-3,6,9,14-15H2,1H3,(H,26,27)(H,23,24,25). The highest BCUT2D eigenvalue weighted by Crippen LogP contribution is 2.23. The van der Waals surface area contributed by atoms with Gasteiger partial charge in [0.25, 0.3) is 0 Å². The van der Waals surface area contributed by atoms with Gasteiger partial charge in [-0.1, -0.05) is 24.3 Å². The van der Waals surface area contributed by atoms with Crippen molar-refractivity contribution in [1.82, 2.24) is 15.4 Å². The van der Waals surface area contributed by atoms with Crippen molar-refractivity contribution in [3.63, 3.8) is 0 Å². The van der Waals surface area contributed by atoms with Crippen molar-refractivity contribution in [2.45, 2.75) is 32.2 Å². The van der Waals surface area contributed by atoms with Crippen molar-refractivity contribution in [2.24, 2.45) is 0 Å². The number of rotatable bonds is 11. The van der Waals surface area contributed by atoms with Crippen LogP contribution in [0.2, 0.25) is 0 Å². The highest BCUT2D eigenvalue weighted by atomic mass is 16.5. The third-order valence-corrected chi connectivity index (χ3v) is 4.61. The summed E-state index contributed by atoms with van der Waals surface area (Å²) in [6, 6.07) is 16.0. The fraction of sp³-hybridized carbons (Fsp3) is 0.318. The van der Waals surface area contributed by atoms with Crippen LogP contribution < -0.4 is 20.3 Å². The Labute approximate surface area is 175 Å². The van der Waals surface area contributed by atoms with Crippen molar-refractivity contribution >= 4 is 22.6 Å². The third-order valence-electron chi connectivity index (χ3n) is 4.61. The van der Waals surface area contributed by atoms with Crippen molar-refractivity contribution < 1.29 is 19.5 Å². The molecule has 0 saturated heterocycles. The molecule has 3 aromatic rings. The first-order chi connectivity index (χ1) is 14.7. The molecular formula is C22H26N4O4. The number of benzene rings is 2. The molecule has 1 amide bonds. The van der Waals surface area contributed by atoms with Gasteiger partial charge in [0, 0.05) is 18.4 Å². The average molecular weight is 410 g/mol. The van der Waals surface area contributed by atoms with Gasteiger partial charge in [0.05, 0.1) is 19.2 Å². The number of nitrogens with one attached hydrogen (secondary N) is 2. The zero-order chi connectivity index (χ0) is 21.2. The number of hydrogen-bond acceptors (Lipinski definition) is 7. The number of aromatic nitrogens is 2. The first kappa shape index (κ1) is 21.3. The quantitative estimate of drug-likeness (QED) is 0.251. The van der Waals surface area contributed by atoms with E-state index in [4.69, 9.17) is 14.7 Å². The first-order valence-electron chi connectivity index (χ1n) is 9.89. The Morgan fingerprint density at radius 1 is 1.03 bits per heavy atom. The summed E-state index contributed by atoms with van der Waals surface area (Å²) in [7, 11) is 1.65. The lowest BCUT2D eigenvalue weighted by Gasteiger charge is -2.12. The molecule has 0 bridgehead atoms. The summed E-state index contributed by atoms with van der Waals surface area (Å²) in [4.78, 5) is 20.0. The Bertz CT molecular complexity index is 963. The van der Waals surface area contributed by atoms with Crippen molar-refractivity contribution in [3.8, 4) is 11.8 Å². The first-order valence-corrected chi connectivity index (χ1v) is 9.89. The van der Waals surface area contributed by atoms with E-state index in [0.29, 0.717) is 37.8 Å². The van der Waals surface area contributed by atoms with Gasteiger partial charge >= 0.3 is 6.01 Å². The molecule has 8 nitrogen and oxygen atoms in total. The Morgan fingerprint density at radius 2 is 1.83 bits per heavy atom. The highest BCUT2D eigenvalue weighted by Gasteiger charge is 2.09. The number of unbranched alkanes of at least 4 members (excludes halogenated alkanes) is 2. The van der Waals surface area contributed by atoms with Crippen molar-refractivity contribution in [3.05, 3.63) is 54.1 Å². The van der Waals surface area contributed by atoms with E-state index >= 15 is 0 Å². The second kappa shape index (κ2) is 11.0. The van der Waals surface area contributed by atoms with Gasteiger partial charge in [0.2, 0.25) is 5.91 Å². The van der Waals surface area contributed by atoms with E-state index in [-0.39, 0.29) is 5.91 Å². The minimum atomic E-state index is -0.374. The number of carbonyl (C=O) groups is 1. The molecule has 158 valence electrons. The number of ether oxygens (including phenoxy) is 2. The summed E-state index contributed by atoms with van der Waals surface area (Å²) in [5.74, 6) is 1.16. The third kappa shape index (κ3) is 6.05. The normalized spacial score (nSPS) is 10.6. The SMILES string of the molecule is COc1ccc(CNc2nc(OCCCCCC(=O)NO)nc3ccccc23)cc1. The molecule has 0 aliphatic heterocycles. The van der Waals surface area contributed by atoms with E-state index in [1.807, 2.05) is 48.5 Å². The Kier molecular flexibility index (Phi) is 7.79.